The van der Waals surface area contributed by atoms with Crippen molar-refractivity contribution >= 4 is 5.97 Å². The van der Waals surface area contributed by atoms with Gasteiger partial charge >= 0.3 is 5.97 Å². The Morgan fingerprint density at radius 1 is 1.31 bits per heavy atom. The van der Waals surface area contributed by atoms with Crippen LogP contribution in [0.3, 0.4) is 0 Å². The van der Waals surface area contributed by atoms with Crippen molar-refractivity contribution in [1.82, 2.24) is 4.90 Å². The number of carboxylic acids is 1. The summed E-state index contributed by atoms with van der Waals surface area (Å²) in [5.74, 6) is -0.811. The van der Waals surface area contributed by atoms with Crippen LogP contribution in [0.1, 0.15) is 45.4 Å². The van der Waals surface area contributed by atoms with Gasteiger partial charge in [-0.1, -0.05) is 31.8 Å². The Hall–Kier alpha value is -0.830. The summed E-state index contributed by atoms with van der Waals surface area (Å²) in [6, 6.07) is 0.639. The van der Waals surface area contributed by atoms with Gasteiger partial charge in [0.15, 0.2) is 0 Å². The molecule has 0 aromatic carbocycles. The average Bonchev–Trinajstić information content (AvgIpc) is 2.53. The van der Waals surface area contributed by atoms with Gasteiger partial charge in [0.05, 0.1) is 0 Å². The highest BCUT2D eigenvalue weighted by molar-refractivity contribution is 5.85. The van der Waals surface area contributed by atoms with Gasteiger partial charge in [-0.15, -0.1) is 0 Å². The number of rotatable bonds is 4. The number of carboxylic acid groups (broad SMARTS) is 1. The fraction of sp³-hybridized carbons (Fsp3) is 0.769. The average molecular weight is 225 g/mol. The quantitative estimate of drug-likeness (QED) is 0.590. The largest absolute Gasteiger partial charge is 0.478 e. The number of likely N-dealkylation sites (N-methyl/N-ethyl adjacent to an activating group) is 1. The third-order valence-electron chi connectivity index (χ3n) is 3.47. The molecule has 3 heteroatoms. The minimum Gasteiger partial charge on any atom is -0.478 e. The normalized spacial score (nSPS) is 19.8. The van der Waals surface area contributed by atoms with Crippen molar-refractivity contribution in [2.75, 3.05) is 13.6 Å². The summed E-state index contributed by atoms with van der Waals surface area (Å²) in [4.78, 5) is 12.9. The maximum absolute atomic E-state index is 10.7. The van der Waals surface area contributed by atoms with Crippen LogP contribution < -0.4 is 0 Å². The topological polar surface area (TPSA) is 40.5 Å². The Kier molecular flexibility index (Phi) is 5.53. The Morgan fingerprint density at radius 3 is 2.38 bits per heavy atom. The van der Waals surface area contributed by atoms with Gasteiger partial charge in [-0.2, -0.15) is 0 Å². The van der Waals surface area contributed by atoms with Crippen molar-refractivity contribution in [3.05, 3.63) is 11.6 Å². The molecular weight excluding hydrogens is 202 g/mol. The fourth-order valence-corrected chi connectivity index (χ4v) is 2.22. The van der Waals surface area contributed by atoms with E-state index in [9.17, 15) is 4.79 Å². The van der Waals surface area contributed by atoms with Crippen molar-refractivity contribution in [3.63, 3.8) is 0 Å². The molecule has 0 spiro atoms. The molecule has 3 nitrogen and oxygen atoms in total. The molecular formula is C13H23NO2. The highest BCUT2D eigenvalue weighted by Crippen LogP contribution is 2.20. The van der Waals surface area contributed by atoms with E-state index in [0.29, 0.717) is 11.6 Å². The molecule has 0 aromatic heterocycles. The molecule has 0 amide bonds. The summed E-state index contributed by atoms with van der Waals surface area (Å²) in [6.07, 6.45) is 9.68. The van der Waals surface area contributed by atoms with Gasteiger partial charge in [-0.3, -0.25) is 4.90 Å². The Bertz CT molecular complexity index is 253. The summed E-state index contributed by atoms with van der Waals surface area (Å²) >= 11 is 0. The second-order valence-corrected chi connectivity index (χ2v) is 4.78. The van der Waals surface area contributed by atoms with Gasteiger partial charge in [0.2, 0.25) is 0 Å². The van der Waals surface area contributed by atoms with E-state index in [0.717, 1.165) is 6.54 Å². The van der Waals surface area contributed by atoms with E-state index >= 15 is 0 Å². The zero-order valence-electron chi connectivity index (χ0n) is 10.4. The van der Waals surface area contributed by atoms with Crippen LogP contribution in [0.15, 0.2) is 11.6 Å². The molecule has 1 N–H and O–H groups in total. The lowest BCUT2D eigenvalue weighted by Gasteiger charge is -2.25. The summed E-state index contributed by atoms with van der Waals surface area (Å²) in [5.41, 5.74) is 0.445. The zero-order chi connectivity index (χ0) is 12.0. The molecule has 0 aliphatic heterocycles. The number of carbonyl (C=O) groups is 1. The van der Waals surface area contributed by atoms with E-state index in [1.54, 1.807) is 6.92 Å². The zero-order valence-corrected chi connectivity index (χ0v) is 10.4. The first kappa shape index (κ1) is 13.2. The van der Waals surface area contributed by atoms with Crippen LogP contribution >= 0.6 is 0 Å². The Morgan fingerprint density at radius 2 is 1.88 bits per heavy atom. The van der Waals surface area contributed by atoms with E-state index in [-0.39, 0.29) is 0 Å². The fourth-order valence-electron chi connectivity index (χ4n) is 2.22. The molecule has 0 atom stereocenters. The standard InChI is InChI=1S/C13H23NO2/c1-11(13(15)16)9-10-14(2)12-7-5-3-4-6-8-12/h9,12H,3-8,10H2,1-2H3,(H,15,16). The molecule has 0 aromatic rings. The van der Waals surface area contributed by atoms with Crippen molar-refractivity contribution in [1.29, 1.82) is 0 Å². The van der Waals surface area contributed by atoms with Crippen LogP contribution in [0.4, 0.5) is 0 Å². The maximum Gasteiger partial charge on any atom is 0.330 e. The number of hydrogen-bond acceptors (Lipinski definition) is 2. The van der Waals surface area contributed by atoms with Gasteiger partial charge < -0.3 is 5.11 Å². The van der Waals surface area contributed by atoms with Gasteiger partial charge in [-0.05, 0) is 26.8 Å². The lowest BCUT2D eigenvalue weighted by Crippen LogP contribution is -2.31. The van der Waals surface area contributed by atoms with Crippen molar-refractivity contribution in [2.24, 2.45) is 0 Å². The first-order chi connectivity index (χ1) is 7.61. The summed E-state index contributed by atoms with van der Waals surface area (Å²) in [6.45, 7) is 2.41. The van der Waals surface area contributed by atoms with Crippen molar-refractivity contribution in [2.45, 2.75) is 51.5 Å². The summed E-state index contributed by atoms with van der Waals surface area (Å²) in [5, 5.41) is 8.76. The SMILES string of the molecule is CC(=CCN(C)C1CCCCCC1)C(=O)O. The second kappa shape index (κ2) is 6.69. The molecule has 0 saturated heterocycles. The van der Waals surface area contributed by atoms with Crippen molar-refractivity contribution < 1.29 is 9.90 Å². The maximum atomic E-state index is 10.7. The van der Waals surface area contributed by atoms with Gasteiger partial charge in [0.1, 0.15) is 0 Å². The second-order valence-electron chi connectivity index (χ2n) is 4.78. The van der Waals surface area contributed by atoms with Crippen LogP contribution in [-0.2, 0) is 4.79 Å². The van der Waals surface area contributed by atoms with Crippen molar-refractivity contribution in [3.8, 4) is 0 Å². The van der Waals surface area contributed by atoms with E-state index in [4.69, 9.17) is 5.11 Å². The smallest absolute Gasteiger partial charge is 0.330 e. The minimum absolute atomic E-state index is 0.445. The third kappa shape index (κ3) is 4.35. The van der Waals surface area contributed by atoms with Crippen LogP contribution in [0.5, 0.6) is 0 Å². The number of aliphatic carboxylic acids is 1. The van der Waals surface area contributed by atoms with E-state index in [1.165, 1.54) is 38.5 Å². The lowest BCUT2D eigenvalue weighted by molar-refractivity contribution is -0.132. The highest BCUT2D eigenvalue weighted by atomic mass is 16.4. The van der Waals surface area contributed by atoms with E-state index in [1.807, 2.05) is 6.08 Å². The molecule has 92 valence electrons. The molecule has 16 heavy (non-hydrogen) atoms. The predicted octanol–water partition coefficient (Wildman–Crippen LogP) is 2.67. The van der Waals surface area contributed by atoms with Crippen LogP contribution in [0, 0.1) is 0 Å². The Balaban J connectivity index is 2.41. The third-order valence-corrected chi connectivity index (χ3v) is 3.47. The van der Waals surface area contributed by atoms with Crippen LogP contribution in [-0.4, -0.2) is 35.6 Å². The van der Waals surface area contributed by atoms with Gasteiger partial charge in [0, 0.05) is 18.2 Å². The molecule has 0 heterocycles. The number of hydrogen-bond donors (Lipinski definition) is 1. The first-order valence-electron chi connectivity index (χ1n) is 6.21. The number of nitrogens with zero attached hydrogens (tertiary/aromatic N) is 1. The molecule has 1 aliphatic rings. The van der Waals surface area contributed by atoms with E-state index in [2.05, 4.69) is 11.9 Å². The minimum atomic E-state index is -0.811. The van der Waals surface area contributed by atoms with Crippen LogP contribution in [0.25, 0.3) is 0 Å². The van der Waals surface area contributed by atoms with Crippen LogP contribution in [0.2, 0.25) is 0 Å². The Labute approximate surface area is 98.1 Å². The molecule has 1 rings (SSSR count). The molecule has 0 unspecified atom stereocenters. The van der Waals surface area contributed by atoms with E-state index < -0.39 is 5.97 Å². The molecule has 1 saturated carbocycles. The van der Waals surface area contributed by atoms with Gasteiger partial charge in [-0.25, -0.2) is 4.79 Å². The first-order valence-corrected chi connectivity index (χ1v) is 6.21. The molecule has 0 radical (unpaired) electrons. The predicted molar refractivity (Wildman–Crippen MR) is 65.5 cm³/mol. The molecule has 0 bridgehead atoms. The lowest BCUT2D eigenvalue weighted by atomic mass is 10.1. The monoisotopic (exact) mass is 225 g/mol. The summed E-state index contributed by atoms with van der Waals surface area (Å²) < 4.78 is 0. The molecule has 1 fully saturated rings. The highest BCUT2D eigenvalue weighted by Gasteiger charge is 2.15. The summed E-state index contributed by atoms with van der Waals surface area (Å²) in [7, 11) is 2.10. The molecule has 1 aliphatic carbocycles. The van der Waals surface area contributed by atoms with Gasteiger partial charge in [0.25, 0.3) is 0 Å².